The quantitative estimate of drug-likeness (QED) is 0.442. The van der Waals surface area contributed by atoms with Crippen LogP contribution >= 0.6 is 11.6 Å². The van der Waals surface area contributed by atoms with Crippen molar-refractivity contribution >= 4 is 23.0 Å². The molecule has 0 fully saturated rings. The molecule has 0 aliphatic heterocycles. The second-order valence-electron chi connectivity index (χ2n) is 2.74. The molecule has 0 heterocycles. The molecule has 0 aliphatic carbocycles. The second-order valence-corrected chi connectivity index (χ2v) is 3.17. The highest BCUT2D eigenvalue weighted by molar-refractivity contribution is 6.31. The number of nitrogen functional groups attached to an aromatic ring is 1. The number of hydrogen-bond acceptors (Lipinski definition) is 2. The minimum absolute atomic E-state index is 0.690. The molecular weight excluding hydrogens is 184 g/mol. The van der Waals surface area contributed by atoms with Crippen LogP contribution < -0.4 is 11.1 Å². The molecule has 70 valence electrons. The van der Waals surface area contributed by atoms with Crippen molar-refractivity contribution in [1.29, 1.82) is 0 Å². The Morgan fingerprint density at radius 3 is 3.00 bits per heavy atom. The SMILES string of the molecule is C=CCCNc1cc(Cl)ccc1N. The van der Waals surface area contributed by atoms with Gasteiger partial charge in [-0.15, -0.1) is 6.58 Å². The zero-order valence-electron chi connectivity index (χ0n) is 7.39. The lowest BCUT2D eigenvalue weighted by molar-refractivity contribution is 1.07. The summed E-state index contributed by atoms with van der Waals surface area (Å²) >= 11 is 5.81. The second kappa shape index (κ2) is 4.77. The van der Waals surface area contributed by atoms with Crippen LogP contribution in [-0.2, 0) is 0 Å². The predicted molar refractivity (Wildman–Crippen MR) is 59.2 cm³/mol. The van der Waals surface area contributed by atoms with Gasteiger partial charge in [-0.2, -0.15) is 0 Å². The van der Waals surface area contributed by atoms with Gasteiger partial charge in [0.05, 0.1) is 11.4 Å². The Bertz CT molecular complexity index is 297. The van der Waals surface area contributed by atoms with E-state index >= 15 is 0 Å². The van der Waals surface area contributed by atoms with E-state index in [-0.39, 0.29) is 0 Å². The summed E-state index contributed by atoms with van der Waals surface area (Å²) in [6, 6.07) is 5.38. The molecule has 0 unspecified atom stereocenters. The standard InChI is InChI=1S/C10H13ClN2/c1-2-3-6-13-10-7-8(11)4-5-9(10)12/h2,4-5,7,13H,1,3,6,12H2. The average molecular weight is 197 g/mol. The number of rotatable bonds is 4. The fraction of sp³-hybridized carbons (Fsp3) is 0.200. The molecule has 0 bridgehead atoms. The molecule has 1 rings (SSSR count). The Hall–Kier alpha value is -1.15. The zero-order valence-corrected chi connectivity index (χ0v) is 8.14. The third kappa shape index (κ3) is 2.99. The van der Waals surface area contributed by atoms with E-state index in [1.165, 1.54) is 0 Å². The lowest BCUT2D eigenvalue weighted by Crippen LogP contribution is -2.02. The van der Waals surface area contributed by atoms with Crippen LogP contribution in [0.1, 0.15) is 6.42 Å². The maximum absolute atomic E-state index is 5.81. The number of benzene rings is 1. The molecule has 1 aromatic rings. The summed E-state index contributed by atoms with van der Waals surface area (Å²) in [5.41, 5.74) is 7.32. The fourth-order valence-electron chi connectivity index (χ4n) is 0.990. The van der Waals surface area contributed by atoms with Gasteiger partial charge in [0.15, 0.2) is 0 Å². The van der Waals surface area contributed by atoms with E-state index in [0.29, 0.717) is 10.7 Å². The van der Waals surface area contributed by atoms with Crippen molar-refractivity contribution in [2.75, 3.05) is 17.6 Å². The number of hydrogen-bond donors (Lipinski definition) is 2. The van der Waals surface area contributed by atoms with Gasteiger partial charge < -0.3 is 11.1 Å². The van der Waals surface area contributed by atoms with Gasteiger partial charge in [-0.1, -0.05) is 17.7 Å². The molecule has 3 heteroatoms. The van der Waals surface area contributed by atoms with Gasteiger partial charge in [0.1, 0.15) is 0 Å². The smallest absolute Gasteiger partial charge is 0.0588 e. The average Bonchev–Trinajstić information content (AvgIpc) is 2.11. The molecule has 0 saturated heterocycles. The maximum atomic E-state index is 5.81. The van der Waals surface area contributed by atoms with Crippen molar-refractivity contribution < 1.29 is 0 Å². The monoisotopic (exact) mass is 196 g/mol. The Morgan fingerprint density at radius 2 is 2.31 bits per heavy atom. The molecule has 0 amide bonds. The van der Waals surface area contributed by atoms with Crippen molar-refractivity contribution in [3.05, 3.63) is 35.9 Å². The molecule has 1 aromatic carbocycles. The molecule has 0 saturated carbocycles. The summed E-state index contributed by atoms with van der Waals surface area (Å²) in [4.78, 5) is 0. The molecule has 0 aromatic heterocycles. The van der Waals surface area contributed by atoms with Crippen LogP contribution in [0, 0.1) is 0 Å². The van der Waals surface area contributed by atoms with Crippen LogP contribution in [-0.4, -0.2) is 6.54 Å². The Balaban J connectivity index is 2.64. The number of nitrogens with two attached hydrogens (primary N) is 1. The van der Waals surface area contributed by atoms with E-state index in [2.05, 4.69) is 11.9 Å². The van der Waals surface area contributed by atoms with Gasteiger partial charge in [0, 0.05) is 11.6 Å². The zero-order chi connectivity index (χ0) is 9.68. The summed E-state index contributed by atoms with van der Waals surface area (Å²) in [6.07, 6.45) is 2.76. The van der Waals surface area contributed by atoms with Crippen LogP contribution in [0.25, 0.3) is 0 Å². The largest absolute Gasteiger partial charge is 0.397 e. The van der Waals surface area contributed by atoms with E-state index in [1.807, 2.05) is 12.1 Å². The van der Waals surface area contributed by atoms with Crippen molar-refractivity contribution in [3.63, 3.8) is 0 Å². The van der Waals surface area contributed by atoms with Crippen LogP contribution in [0.2, 0.25) is 5.02 Å². The molecule has 2 nitrogen and oxygen atoms in total. The van der Waals surface area contributed by atoms with E-state index < -0.39 is 0 Å². The summed E-state index contributed by atoms with van der Waals surface area (Å²) in [6.45, 7) is 4.46. The van der Waals surface area contributed by atoms with Crippen molar-refractivity contribution in [3.8, 4) is 0 Å². The Kier molecular flexibility index (Phi) is 3.65. The third-order valence-corrected chi connectivity index (χ3v) is 1.91. The molecule has 0 radical (unpaired) electrons. The molecule has 3 N–H and O–H groups in total. The van der Waals surface area contributed by atoms with Gasteiger partial charge in [0.2, 0.25) is 0 Å². The van der Waals surface area contributed by atoms with Crippen LogP contribution in [0.4, 0.5) is 11.4 Å². The van der Waals surface area contributed by atoms with Gasteiger partial charge in [0.25, 0.3) is 0 Å². The van der Waals surface area contributed by atoms with Crippen LogP contribution in [0.5, 0.6) is 0 Å². The summed E-state index contributed by atoms with van der Waals surface area (Å²) in [5.74, 6) is 0. The third-order valence-electron chi connectivity index (χ3n) is 1.68. The highest BCUT2D eigenvalue weighted by atomic mass is 35.5. The topological polar surface area (TPSA) is 38.0 Å². The number of nitrogens with one attached hydrogen (secondary N) is 1. The summed E-state index contributed by atoms with van der Waals surface area (Å²) in [7, 11) is 0. The number of halogens is 1. The van der Waals surface area contributed by atoms with Gasteiger partial charge in [-0.25, -0.2) is 0 Å². The van der Waals surface area contributed by atoms with Crippen LogP contribution in [0.15, 0.2) is 30.9 Å². The summed E-state index contributed by atoms with van der Waals surface area (Å²) < 4.78 is 0. The van der Waals surface area contributed by atoms with E-state index in [1.54, 1.807) is 12.1 Å². The van der Waals surface area contributed by atoms with E-state index in [0.717, 1.165) is 18.7 Å². The van der Waals surface area contributed by atoms with E-state index in [9.17, 15) is 0 Å². The van der Waals surface area contributed by atoms with Crippen LogP contribution in [0.3, 0.4) is 0 Å². The highest BCUT2D eigenvalue weighted by Gasteiger charge is 1.97. The van der Waals surface area contributed by atoms with Gasteiger partial charge in [-0.05, 0) is 24.6 Å². The first-order chi connectivity index (χ1) is 6.24. The van der Waals surface area contributed by atoms with Crippen molar-refractivity contribution in [2.24, 2.45) is 0 Å². The van der Waals surface area contributed by atoms with Gasteiger partial charge in [-0.3, -0.25) is 0 Å². The molecule has 0 spiro atoms. The Morgan fingerprint density at radius 1 is 1.54 bits per heavy atom. The lowest BCUT2D eigenvalue weighted by Gasteiger charge is -2.07. The fourth-order valence-corrected chi connectivity index (χ4v) is 1.16. The minimum atomic E-state index is 0.690. The van der Waals surface area contributed by atoms with E-state index in [4.69, 9.17) is 17.3 Å². The minimum Gasteiger partial charge on any atom is -0.397 e. The summed E-state index contributed by atoms with van der Waals surface area (Å²) in [5, 5.41) is 3.86. The maximum Gasteiger partial charge on any atom is 0.0588 e. The first kappa shape index (κ1) is 9.93. The predicted octanol–water partition coefficient (Wildman–Crippen LogP) is 2.91. The normalized spacial score (nSPS) is 9.62. The first-order valence-corrected chi connectivity index (χ1v) is 4.51. The van der Waals surface area contributed by atoms with Crippen molar-refractivity contribution in [1.82, 2.24) is 0 Å². The lowest BCUT2D eigenvalue weighted by atomic mass is 10.2. The highest BCUT2D eigenvalue weighted by Crippen LogP contribution is 2.22. The Labute approximate surface area is 83.4 Å². The first-order valence-electron chi connectivity index (χ1n) is 4.14. The van der Waals surface area contributed by atoms with Crippen molar-refractivity contribution in [2.45, 2.75) is 6.42 Å². The molecular formula is C10H13ClN2. The molecule has 0 atom stereocenters. The van der Waals surface area contributed by atoms with Gasteiger partial charge >= 0.3 is 0 Å². The molecule has 13 heavy (non-hydrogen) atoms. The number of anilines is 2. The molecule has 0 aliphatic rings.